The van der Waals surface area contributed by atoms with Crippen LogP contribution in [0.2, 0.25) is 0 Å². The minimum Gasteiger partial charge on any atom is -0.511 e. The van der Waals surface area contributed by atoms with Crippen LogP contribution >= 0.6 is 0 Å². The Morgan fingerprint density at radius 3 is 2.35 bits per heavy atom. The lowest BCUT2D eigenvalue weighted by molar-refractivity contribution is -0.147. The van der Waals surface area contributed by atoms with Crippen molar-refractivity contribution in [2.24, 2.45) is 5.92 Å². The number of phenols is 2. The van der Waals surface area contributed by atoms with Gasteiger partial charge in [0, 0.05) is 23.8 Å². The van der Waals surface area contributed by atoms with Crippen molar-refractivity contribution in [1.29, 1.82) is 0 Å². The van der Waals surface area contributed by atoms with Crippen LogP contribution in [0.5, 0.6) is 11.5 Å². The number of aliphatic hydroxyl groups excluding tert-OH is 2. The Hall–Kier alpha value is -2.44. The summed E-state index contributed by atoms with van der Waals surface area (Å²) < 4.78 is 0. The molecule has 0 amide bonds. The molecular formula is C14H14O6. The Morgan fingerprint density at radius 1 is 1.05 bits per heavy atom. The zero-order valence-electron chi connectivity index (χ0n) is 10.3. The molecule has 0 aliphatic heterocycles. The van der Waals surface area contributed by atoms with Gasteiger partial charge in [-0.25, -0.2) is 0 Å². The molecule has 106 valence electrons. The summed E-state index contributed by atoms with van der Waals surface area (Å²) in [4.78, 5) is 0. The van der Waals surface area contributed by atoms with Crippen molar-refractivity contribution in [3.63, 3.8) is 0 Å². The fourth-order valence-electron chi connectivity index (χ4n) is 1.92. The van der Waals surface area contributed by atoms with E-state index in [9.17, 15) is 25.5 Å². The Bertz CT molecular complexity index is 612. The average molecular weight is 278 g/mol. The second-order valence-corrected chi connectivity index (χ2v) is 4.50. The first-order valence-corrected chi connectivity index (χ1v) is 5.77. The van der Waals surface area contributed by atoms with Crippen molar-refractivity contribution in [1.82, 2.24) is 0 Å². The Morgan fingerprint density at radius 2 is 1.75 bits per heavy atom. The predicted octanol–water partition coefficient (Wildman–Crippen LogP) is 1.31. The fraction of sp³-hybridized carbons (Fsp3) is 0.143. The number of hydrogen-bond acceptors (Lipinski definition) is 6. The molecule has 0 heterocycles. The second-order valence-electron chi connectivity index (χ2n) is 4.50. The van der Waals surface area contributed by atoms with Crippen molar-refractivity contribution >= 4 is 6.08 Å². The van der Waals surface area contributed by atoms with Crippen molar-refractivity contribution in [3.8, 4) is 11.5 Å². The van der Waals surface area contributed by atoms with Gasteiger partial charge in [0.05, 0.1) is 5.92 Å². The van der Waals surface area contributed by atoms with E-state index >= 15 is 0 Å². The fourth-order valence-corrected chi connectivity index (χ4v) is 1.92. The van der Waals surface area contributed by atoms with Gasteiger partial charge in [0.1, 0.15) is 23.0 Å². The van der Waals surface area contributed by atoms with E-state index in [4.69, 9.17) is 5.11 Å². The van der Waals surface area contributed by atoms with E-state index in [0.29, 0.717) is 5.56 Å². The highest BCUT2D eigenvalue weighted by Crippen LogP contribution is 2.31. The van der Waals surface area contributed by atoms with Crippen LogP contribution in [0.25, 0.3) is 6.08 Å². The van der Waals surface area contributed by atoms with Crippen molar-refractivity contribution < 1.29 is 30.6 Å². The summed E-state index contributed by atoms with van der Waals surface area (Å²) >= 11 is 0. The second kappa shape index (κ2) is 4.92. The number of aromatic hydroxyl groups is 2. The molecule has 1 aliphatic rings. The van der Waals surface area contributed by atoms with E-state index < -0.39 is 23.2 Å². The molecule has 6 nitrogen and oxygen atoms in total. The van der Waals surface area contributed by atoms with E-state index in [-0.39, 0.29) is 11.5 Å². The summed E-state index contributed by atoms with van der Waals surface area (Å²) in [5.41, 5.74) is 0.324. The molecule has 1 atom stereocenters. The van der Waals surface area contributed by atoms with Gasteiger partial charge < -0.3 is 30.6 Å². The zero-order chi connectivity index (χ0) is 14.9. The highest BCUT2D eigenvalue weighted by molar-refractivity contribution is 5.59. The number of aliphatic hydroxyl groups is 4. The summed E-state index contributed by atoms with van der Waals surface area (Å²) in [5.74, 6) is -4.81. The summed E-state index contributed by atoms with van der Waals surface area (Å²) in [6.07, 6.45) is 4.41. The van der Waals surface area contributed by atoms with Crippen LogP contribution < -0.4 is 0 Å². The Labute approximate surface area is 114 Å². The molecule has 0 saturated heterocycles. The maximum absolute atomic E-state index is 9.73. The van der Waals surface area contributed by atoms with Crippen molar-refractivity contribution in [2.75, 3.05) is 0 Å². The van der Waals surface area contributed by atoms with Crippen LogP contribution in [0.15, 0.2) is 47.9 Å². The third-order valence-electron chi connectivity index (χ3n) is 2.91. The van der Waals surface area contributed by atoms with Crippen molar-refractivity contribution in [3.05, 3.63) is 53.5 Å². The Kier molecular flexibility index (Phi) is 3.44. The van der Waals surface area contributed by atoms with Crippen LogP contribution in [0.1, 0.15) is 5.56 Å². The number of allylic oxidation sites excluding steroid dienone is 1. The predicted molar refractivity (Wildman–Crippen MR) is 70.9 cm³/mol. The van der Waals surface area contributed by atoms with Crippen LogP contribution in [0.3, 0.4) is 0 Å². The van der Waals surface area contributed by atoms with E-state index in [0.717, 1.165) is 18.2 Å². The van der Waals surface area contributed by atoms with Gasteiger partial charge in [0.2, 0.25) is 0 Å². The maximum atomic E-state index is 9.73. The first-order valence-electron chi connectivity index (χ1n) is 5.77. The molecule has 0 radical (unpaired) electrons. The first kappa shape index (κ1) is 14.0. The number of benzene rings is 1. The highest BCUT2D eigenvalue weighted by Gasteiger charge is 2.37. The summed E-state index contributed by atoms with van der Waals surface area (Å²) in [7, 11) is 0. The Balaban J connectivity index is 2.29. The summed E-state index contributed by atoms with van der Waals surface area (Å²) in [6, 6.07) is 3.91. The van der Waals surface area contributed by atoms with Crippen LogP contribution in [0.4, 0.5) is 0 Å². The lowest BCUT2D eigenvalue weighted by Crippen LogP contribution is -2.38. The number of rotatable bonds is 2. The zero-order valence-corrected chi connectivity index (χ0v) is 10.3. The van der Waals surface area contributed by atoms with E-state index in [1.54, 1.807) is 0 Å². The molecule has 6 N–H and O–H groups in total. The highest BCUT2D eigenvalue weighted by atomic mass is 16.5. The monoisotopic (exact) mass is 278 g/mol. The molecule has 1 aliphatic carbocycles. The molecule has 0 saturated carbocycles. The van der Waals surface area contributed by atoms with Crippen LogP contribution in [0, 0.1) is 5.92 Å². The topological polar surface area (TPSA) is 121 Å². The normalized spacial score (nSPS) is 21.6. The van der Waals surface area contributed by atoms with Gasteiger partial charge in [-0.15, -0.1) is 0 Å². The van der Waals surface area contributed by atoms with Crippen LogP contribution in [-0.2, 0) is 0 Å². The molecule has 0 bridgehead atoms. The molecule has 6 heteroatoms. The van der Waals surface area contributed by atoms with Gasteiger partial charge in [-0.3, -0.25) is 0 Å². The minimum atomic E-state index is -2.44. The summed E-state index contributed by atoms with van der Waals surface area (Å²) in [6.45, 7) is 0. The molecule has 1 aromatic carbocycles. The molecule has 0 fully saturated rings. The van der Waals surface area contributed by atoms with Gasteiger partial charge in [-0.05, 0) is 12.1 Å². The molecule has 0 aromatic heterocycles. The number of hydrogen-bond donors (Lipinski definition) is 6. The van der Waals surface area contributed by atoms with Gasteiger partial charge in [-0.1, -0.05) is 12.2 Å². The van der Waals surface area contributed by atoms with Crippen molar-refractivity contribution in [2.45, 2.75) is 5.79 Å². The average Bonchev–Trinajstić information content (AvgIpc) is 2.29. The molecule has 0 spiro atoms. The van der Waals surface area contributed by atoms with E-state index in [1.807, 2.05) is 0 Å². The quantitative estimate of drug-likeness (QED) is 0.454. The standard InChI is InChI=1S/C14H14O6/c15-9-3-1-8(12(17)5-9)2-4-11-13(18)6-10(16)7-14(11,19)20/h1-7,11,15-20H. The molecule has 1 aromatic rings. The third kappa shape index (κ3) is 2.76. The maximum Gasteiger partial charge on any atom is 0.200 e. The molecule has 20 heavy (non-hydrogen) atoms. The van der Waals surface area contributed by atoms with Gasteiger partial charge >= 0.3 is 0 Å². The largest absolute Gasteiger partial charge is 0.511 e. The molecule has 2 rings (SSSR count). The number of phenolic OH excluding ortho intramolecular Hbond substituents is 2. The smallest absolute Gasteiger partial charge is 0.200 e. The first-order chi connectivity index (χ1) is 9.29. The SMILES string of the molecule is OC1=CC(O)(O)C(C=Cc2ccc(O)cc2O)C(O)=C1. The molecule has 1 unspecified atom stereocenters. The van der Waals surface area contributed by atoms with Gasteiger partial charge in [-0.2, -0.15) is 0 Å². The third-order valence-corrected chi connectivity index (χ3v) is 2.91. The lowest BCUT2D eigenvalue weighted by Gasteiger charge is -2.28. The van der Waals surface area contributed by atoms with E-state index in [1.165, 1.54) is 24.3 Å². The minimum absolute atomic E-state index is 0.105. The van der Waals surface area contributed by atoms with E-state index in [2.05, 4.69) is 0 Å². The van der Waals surface area contributed by atoms with Gasteiger partial charge in [0.25, 0.3) is 0 Å². The lowest BCUT2D eigenvalue weighted by atomic mass is 9.90. The van der Waals surface area contributed by atoms with Gasteiger partial charge in [0.15, 0.2) is 5.79 Å². The van der Waals surface area contributed by atoms with Crippen LogP contribution in [-0.4, -0.2) is 36.4 Å². The molecular weight excluding hydrogens is 264 g/mol. The summed E-state index contributed by atoms with van der Waals surface area (Å²) in [5, 5.41) is 57.1.